The summed E-state index contributed by atoms with van der Waals surface area (Å²) >= 11 is 3.67. The van der Waals surface area contributed by atoms with Crippen molar-refractivity contribution in [2.24, 2.45) is 0 Å². The number of halogens is 1. The van der Waals surface area contributed by atoms with Gasteiger partial charge >= 0.3 is 0 Å². The molecule has 0 saturated carbocycles. The number of hydrogen-bond donors (Lipinski definition) is 0. The second-order valence-corrected chi connectivity index (χ2v) is 7.86. The van der Waals surface area contributed by atoms with Crippen LogP contribution >= 0.6 is 15.9 Å². The Kier molecular flexibility index (Phi) is 3.84. The van der Waals surface area contributed by atoms with Gasteiger partial charge in [0.2, 0.25) is 0 Å². The van der Waals surface area contributed by atoms with Crippen LogP contribution in [0.5, 0.6) is 0 Å². The van der Waals surface area contributed by atoms with Crippen LogP contribution in [-0.4, -0.2) is 24.1 Å². The fourth-order valence-electron chi connectivity index (χ4n) is 3.61. The van der Waals surface area contributed by atoms with E-state index in [1.54, 1.807) is 10.8 Å². The topological polar surface area (TPSA) is 48.0 Å². The van der Waals surface area contributed by atoms with Crippen LogP contribution in [0.4, 0.5) is 0 Å². The largest absolute Gasteiger partial charge is 0.297 e. The lowest BCUT2D eigenvalue weighted by atomic mass is 10.1. The van der Waals surface area contributed by atoms with E-state index in [4.69, 9.17) is 9.97 Å². The van der Waals surface area contributed by atoms with Gasteiger partial charge in [-0.3, -0.25) is 4.57 Å². The van der Waals surface area contributed by atoms with E-state index in [-0.39, 0.29) is 0 Å². The summed E-state index contributed by atoms with van der Waals surface area (Å²) in [5.74, 6) is 0.708. The van der Waals surface area contributed by atoms with Crippen molar-refractivity contribution in [1.82, 2.24) is 24.1 Å². The first kappa shape index (κ1) is 17.1. The molecule has 0 aliphatic rings. The Morgan fingerprint density at radius 3 is 2.39 bits per heavy atom. The van der Waals surface area contributed by atoms with Crippen molar-refractivity contribution in [3.8, 4) is 17.1 Å². The Morgan fingerprint density at radius 2 is 1.64 bits per heavy atom. The van der Waals surface area contributed by atoms with Crippen molar-refractivity contribution in [2.45, 2.75) is 20.8 Å². The fourth-order valence-corrected chi connectivity index (χ4v) is 4.08. The third-order valence-corrected chi connectivity index (χ3v) is 5.91. The van der Waals surface area contributed by atoms with E-state index in [0.717, 1.165) is 43.7 Å². The molecule has 28 heavy (non-hydrogen) atoms. The van der Waals surface area contributed by atoms with Gasteiger partial charge in [-0.25, -0.2) is 14.5 Å². The van der Waals surface area contributed by atoms with E-state index in [1.165, 1.54) is 5.56 Å². The van der Waals surface area contributed by atoms with Crippen LogP contribution in [0.25, 0.3) is 33.8 Å². The summed E-state index contributed by atoms with van der Waals surface area (Å²) in [5, 5.41) is 5.69. The number of benzene rings is 2. The Morgan fingerprint density at radius 1 is 0.893 bits per heavy atom. The first-order valence-electron chi connectivity index (χ1n) is 9.09. The van der Waals surface area contributed by atoms with Crippen LogP contribution in [-0.2, 0) is 0 Å². The molecule has 138 valence electrons. The highest BCUT2D eigenvalue weighted by Crippen LogP contribution is 2.33. The summed E-state index contributed by atoms with van der Waals surface area (Å²) in [6.07, 6.45) is 1.74. The van der Waals surface area contributed by atoms with Crippen LogP contribution < -0.4 is 0 Å². The minimum atomic E-state index is 0.708. The third kappa shape index (κ3) is 2.48. The van der Waals surface area contributed by atoms with E-state index in [2.05, 4.69) is 76.7 Å². The summed E-state index contributed by atoms with van der Waals surface area (Å²) in [7, 11) is 0. The standard InChI is InChI=1S/C22H18BrN5/c1-13-8-10-16(11-9-13)20-25-22-19-14(2)15(3)28(18-7-5-4-6-17(18)23)21(19)24-12-27(22)26-20/h4-12H,1-3H3. The van der Waals surface area contributed by atoms with Crippen molar-refractivity contribution in [2.75, 3.05) is 0 Å². The summed E-state index contributed by atoms with van der Waals surface area (Å²) in [6, 6.07) is 16.4. The lowest BCUT2D eigenvalue weighted by molar-refractivity contribution is 0.926. The molecule has 3 aromatic heterocycles. The number of nitrogens with zero attached hydrogens (tertiary/aromatic N) is 5. The molecule has 5 rings (SSSR count). The molecular weight excluding hydrogens is 414 g/mol. The minimum Gasteiger partial charge on any atom is -0.297 e. The Labute approximate surface area is 170 Å². The Bertz CT molecular complexity index is 1350. The molecule has 0 saturated heterocycles. The van der Waals surface area contributed by atoms with E-state index in [1.807, 2.05) is 18.2 Å². The lowest BCUT2D eigenvalue weighted by Crippen LogP contribution is -2.00. The molecule has 3 heterocycles. The molecule has 0 amide bonds. The van der Waals surface area contributed by atoms with Crippen LogP contribution in [0.2, 0.25) is 0 Å². The van der Waals surface area contributed by atoms with Crippen LogP contribution in [0.1, 0.15) is 16.8 Å². The highest BCUT2D eigenvalue weighted by Gasteiger charge is 2.20. The smallest absolute Gasteiger partial charge is 0.182 e. The summed E-state index contributed by atoms with van der Waals surface area (Å²) in [4.78, 5) is 9.59. The maximum atomic E-state index is 4.86. The van der Waals surface area contributed by atoms with Gasteiger partial charge in [-0.15, -0.1) is 5.10 Å². The quantitative estimate of drug-likeness (QED) is 0.374. The number of para-hydroxylation sites is 1. The van der Waals surface area contributed by atoms with Crippen molar-refractivity contribution in [1.29, 1.82) is 0 Å². The molecule has 5 nitrogen and oxygen atoms in total. The fraction of sp³-hybridized carbons (Fsp3) is 0.136. The number of rotatable bonds is 2. The van der Waals surface area contributed by atoms with E-state index in [0.29, 0.717) is 5.82 Å². The Balaban J connectivity index is 1.80. The van der Waals surface area contributed by atoms with Crippen molar-refractivity contribution >= 4 is 32.6 Å². The van der Waals surface area contributed by atoms with Crippen LogP contribution in [0, 0.1) is 20.8 Å². The average Bonchev–Trinajstić information content (AvgIpc) is 3.23. The second kappa shape index (κ2) is 6.27. The molecule has 0 unspecified atom stereocenters. The molecular formula is C22H18BrN5. The molecule has 0 N–H and O–H groups in total. The molecule has 2 aromatic carbocycles. The highest BCUT2D eigenvalue weighted by molar-refractivity contribution is 9.10. The van der Waals surface area contributed by atoms with Gasteiger partial charge in [0.1, 0.15) is 6.33 Å². The van der Waals surface area contributed by atoms with Gasteiger partial charge in [0, 0.05) is 15.7 Å². The van der Waals surface area contributed by atoms with Crippen LogP contribution in [0.15, 0.2) is 59.3 Å². The van der Waals surface area contributed by atoms with E-state index < -0.39 is 0 Å². The first-order chi connectivity index (χ1) is 13.5. The second-order valence-electron chi connectivity index (χ2n) is 7.01. The van der Waals surface area contributed by atoms with Gasteiger partial charge in [-0.2, -0.15) is 0 Å². The summed E-state index contributed by atoms with van der Waals surface area (Å²) < 4.78 is 4.97. The van der Waals surface area contributed by atoms with Gasteiger partial charge in [0.05, 0.1) is 11.1 Å². The number of aromatic nitrogens is 5. The molecule has 0 spiro atoms. The molecule has 0 aliphatic carbocycles. The summed E-state index contributed by atoms with van der Waals surface area (Å²) in [6.45, 7) is 6.31. The van der Waals surface area contributed by atoms with Crippen LogP contribution in [0.3, 0.4) is 0 Å². The predicted molar refractivity (Wildman–Crippen MR) is 115 cm³/mol. The average molecular weight is 432 g/mol. The van der Waals surface area contributed by atoms with Crippen molar-refractivity contribution < 1.29 is 0 Å². The number of hydrogen-bond acceptors (Lipinski definition) is 3. The molecule has 0 fully saturated rings. The normalized spacial score (nSPS) is 11.6. The minimum absolute atomic E-state index is 0.708. The third-order valence-electron chi connectivity index (χ3n) is 5.24. The zero-order chi connectivity index (χ0) is 19.4. The summed E-state index contributed by atoms with van der Waals surface area (Å²) in [5.41, 5.74) is 7.29. The Hall–Kier alpha value is -2.99. The molecule has 0 radical (unpaired) electrons. The SMILES string of the molecule is Cc1ccc(-c2nc3c4c(C)c(C)n(-c5ccccc5Br)c4ncn3n2)cc1. The zero-order valence-electron chi connectivity index (χ0n) is 15.8. The number of aryl methyl sites for hydroxylation is 2. The van der Waals surface area contributed by atoms with Gasteiger partial charge < -0.3 is 0 Å². The molecule has 6 heteroatoms. The monoisotopic (exact) mass is 431 g/mol. The van der Waals surface area contributed by atoms with E-state index in [9.17, 15) is 0 Å². The van der Waals surface area contributed by atoms with Crippen molar-refractivity contribution in [3.05, 3.63) is 76.2 Å². The maximum Gasteiger partial charge on any atom is 0.182 e. The molecule has 0 atom stereocenters. The molecule has 5 aromatic rings. The highest BCUT2D eigenvalue weighted by atomic mass is 79.9. The molecule has 0 aliphatic heterocycles. The van der Waals surface area contributed by atoms with Gasteiger partial charge in [0.15, 0.2) is 17.1 Å². The van der Waals surface area contributed by atoms with Gasteiger partial charge in [-0.1, -0.05) is 42.0 Å². The molecule has 0 bridgehead atoms. The first-order valence-corrected chi connectivity index (χ1v) is 9.89. The van der Waals surface area contributed by atoms with E-state index >= 15 is 0 Å². The number of fused-ring (bicyclic) bond motifs is 3. The lowest BCUT2D eigenvalue weighted by Gasteiger charge is -2.09. The van der Waals surface area contributed by atoms with Crippen molar-refractivity contribution in [3.63, 3.8) is 0 Å². The predicted octanol–water partition coefficient (Wildman–Crippen LogP) is 5.42. The maximum absolute atomic E-state index is 4.86. The zero-order valence-corrected chi connectivity index (χ0v) is 17.4. The van der Waals surface area contributed by atoms with Gasteiger partial charge in [0.25, 0.3) is 0 Å². The van der Waals surface area contributed by atoms with Gasteiger partial charge in [-0.05, 0) is 54.4 Å².